The van der Waals surface area contributed by atoms with E-state index < -0.39 is 0 Å². The van der Waals surface area contributed by atoms with Crippen LogP contribution in [0.15, 0.2) is 164 Å². The molecule has 0 aliphatic rings. The zero-order chi connectivity index (χ0) is 47.3. The maximum atomic E-state index is 7.40. The van der Waals surface area contributed by atoms with E-state index in [-0.39, 0.29) is 27.3 Å². The second-order valence-electron chi connectivity index (χ2n) is 19.0. The molecule has 0 spiro atoms. The van der Waals surface area contributed by atoms with Crippen molar-refractivity contribution < 1.29 is 0 Å². The zero-order valence-corrected chi connectivity index (χ0v) is 38.5. The quantitative estimate of drug-likeness (QED) is 0.152. The number of nitrogens with zero attached hydrogens (tertiary/aromatic N) is 2. The number of aryl methyl sites for hydroxylation is 1. The molecule has 0 aliphatic heterocycles. The van der Waals surface area contributed by atoms with E-state index in [1.54, 1.807) is 0 Å². The highest BCUT2D eigenvalue weighted by Gasteiger charge is 2.25. The van der Waals surface area contributed by atoms with Crippen LogP contribution >= 0.6 is 0 Å². The van der Waals surface area contributed by atoms with Crippen LogP contribution < -0.4 is 38.2 Å². The Morgan fingerprint density at radius 2 is 0.824 bits per heavy atom. The van der Waals surface area contributed by atoms with Crippen molar-refractivity contribution in [3.63, 3.8) is 0 Å². The minimum atomic E-state index is 0.0795. The molecule has 11 aromatic rings. The van der Waals surface area contributed by atoms with E-state index in [1.807, 2.05) is 34.9 Å². The molecule has 2 aromatic heterocycles. The van der Waals surface area contributed by atoms with Gasteiger partial charge in [0.25, 0.3) is 0 Å². The van der Waals surface area contributed by atoms with Crippen molar-refractivity contribution in [3.8, 4) is 55.9 Å². The number of hydrogen-bond acceptors (Lipinski definition) is 0. The van der Waals surface area contributed by atoms with E-state index in [9.17, 15) is 0 Å². The SMILES string of the molecule is [B]c1c([B])c([B])c2c(c1[B])c1c([B])c(-c3ccc4c(c3)c3ccc(-c5ccc(C)cc5)cc3n4-c3ccc(-c4ccc(C(C)(C)C)cc4)cc3)c([B])c([B])c1n2-c1ccc(-c2ccccc2)cc1. The van der Waals surface area contributed by atoms with Crippen LogP contribution in [0.1, 0.15) is 31.9 Å². The predicted octanol–water partition coefficient (Wildman–Crippen LogP) is 7.71. The lowest BCUT2D eigenvalue weighted by Gasteiger charge is -2.19. The van der Waals surface area contributed by atoms with Gasteiger partial charge in [-0.05, 0) is 110 Å². The summed E-state index contributed by atoms with van der Waals surface area (Å²) >= 11 is 0. The molecule has 9 aromatic carbocycles. The maximum absolute atomic E-state index is 7.40. The summed E-state index contributed by atoms with van der Waals surface area (Å²) < 4.78 is 4.28. The molecule has 0 unspecified atom stereocenters. The second-order valence-corrected chi connectivity index (χ2v) is 19.0. The molecule has 0 aliphatic carbocycles. The van der Waals surface area contributed by atoms with E-state index in [0.29, 0.717) is 43.8 Å². The highest BCUT2D eigenvalue weighted by molar-refractivity contribution is 6.69. The number of rotatable bonds is 6. The van der Waals surface area contributed by atoms with Gasteiger partial charge in [0, 0.05) is 38.6 Å². The molecule has 14 radical (unpaired) electrons. The average molecular weight is 852 g/mol. The molecule has 9 heteroatoms. The molecule has 306 valence electrons. The van der Waals surface area contributed by atoms with Gasteiger partial charge in [-0.2, -0.15) is 0 Å². The first kappa shape index (κ1) is 43.6. The van der Waals surface area contributed by atoms with E-state index in [0.717, 1.165) is 66.6 Å². The molecule has 2 heterocycles. The standard InChI is InChI=1S/C59H39B7N2/c1-32-10-12-37(13-11-32)38-20-28-43-44-30-39(21-29-45(44)67(46(43)31-38)41-24-16-36(17-25-41)34-14-22-40(23-15-34)59(2,3)4)47-50(60)48-49-52(62)53(63)54(64)56(66)58(49)68(57(48)55(65)51(47)61)42-26-18-35(19-27-42)33-8-6-5-7-9-33/h5-31H,1-4H3. The third-order valence-electron chi connectivity index (χ3n) is 13.8. The van der Waals surface area contributed by atoms with Crippen molar-refractivity contribution in [2.75, 3.05) is 0 Å². The number of benzene rings is 9. The predicted molar refractivity (Wildman–Crippen MR) is 298 cm³/mol. The molecular formula is C59H39B7N2. The number of hydrogen-bond donors (Lipinski definition) is 0. The molecule has 0 bridgehead atoms. The van der Waals surface area contributed by atoms with Crippen LogP contribution in [-0.4, -0.2) is 64.1 Å². The third kappa shape index (κ3) is 6.96. The van der Waals surface area contributed by atoms with Crippen molar-refractivity contribution in [3.05, 3.63) is 175 Å². The fourth-order valence-electron chi connectivity index (χ4n) is 10.0. The smallest absolute Gasteiger partial charge is 0.115 e. The summed E-state index contributed by atoms with van der Waals surface area (Å²) in [5.41, 5.74) is 17.6. The van der Waals surface area contributed by atoms with Gasteiger partial charge in [0.2, 0.25) is 0 Å². The summed E-state index contributed by atoms with van der Waals surface area (Å²) in [6.45, 7) is 8.82. The highest BCUT2D eigenvalue weighted by Crippen LogP contribution is 2.39. The van der Waals surface area contributed by atoms with E-state index in [1.165, 1.54) is 16.7 Å². The number of fused-ring (bicyclic) bond motifs is 6. The molecule has 0 amide bonds. The largest absolute Gasteiger partial charge is 0.311 e. The molecular weight excluding hydrogens is 812 g/mol. The van der Waals surface area contributed by atoms with Crippen LogP contribution in [0.5, 0.6) is 0 Å². The van der Waals surface area contributed by atoms with Crippen LogP contribution in [0.3, 0.4) is 0 Å². The summed E-state index contributed by atoms with van der Waals surface area (Å²) in [6, 6.07) is 57.6. The van der Waals surface area contributed by atoms with E-state index in [4.69, 9.17) is 54.9 Å². The van der Waals surface area contributed by atoms with Crippen molar-refractivity contribution in [1.82, 2.24) is 9.13 Å². The highest BCUT2D eigenvalue weighted by atomic mass is 15.0. The van der Waals surface area contributed by atoms with Gasteiger partial charge in [-0.15, -0.1) is 10.9 Å². The van der Waals surface area contributed by atoms with Crippen LogP contribution in [0, 0.1) is 6.92 Å². The van der Waals surface area contributed by atoms with Crippen LogP contribution in [-0.2, 0) is 5.41 Å². The maximum Gasteiger partial charge on any atom is 0.115 e. The van der Waals surface area contributed by atoms with Crippen molar-refractivity contribution >= 4 is 137 Å². The lowest BCUT2D eigenvalue weighted by Crippen LogP contribution is -2.48. The number of aromatic nitrogens is 2. The van der Waals surface area contributed by atoms with Gasteiger partial charge in [-0.3, -0.25) is 0 Å². The zero-order valence-electron chi connectivity index (χ0n) is 38.5. The first-order valence-corrected chi connectivity index (χ1v) is 22.8. The summed E-state index contributed by atoms with van der Waals surface area (Å²) in [6.07, 6.45) is 0. The van der Waals surface area contributed by atoms with Gasteiger partial charge >= 0.3 is 0 Å². The molecule has 68 heavy (non-hydrogen) atoms. The van der Waals surface area contributed by atoms with Gasteiger partial charge in [0.05, 0.1) is 11.0 Å². The minimum Gasteiger partial charge on any atom is -0.311 e. The van der Waals surface area contributed by atoms with Crippen LogP contribution in [0.2, 0.25) is 0 Å². The van der Waals surface area contributed by atoms with Gasteiger partial charge in [-0.25, -0.2) is 0 Å². The lowest BCUT2D eigenvalue weighted by atomic mass is 9.64. The molecule has 0 fully saturated rings. The van der Waals surface area contributed by atoms with E-state index >= 15 is 0 Å². The van der Waals surface area contributed by atoms with Crippen molar-refractivity contribution in [2.45, 2.75) is 33.1 Å². The Bertz CT molecular complexity index is 3810. The second kappa shape index (κ2) is 16.4. The Morgan fingerprint density at radius 1 is 0.353 bits per heavy atom. The van der Waals surface area contributed by atoms with Crippen LogP contribution in [0.4, 0.5) is 0 Å². The molecule has 2 nitrogen and oxygen atoms in total. The minimum absolute atomic E-state index is 0.0795. The Kier molecular flexibility index (Phi) is 10.5. The summed E-state index contributed by atoms with van der Waals surface area (Å²) in [5.74, 6) is 0. The Balaban J connectivity index is 1.12. The summed E-state index contributed by atoms with van der Waals surface area (Å²) in [5, 5.41) is 3.23. The Labute approximate surface area is 407 Å². The fraction of sp³-hybridized carbons (Fsp3) is 0.0847. The van der Waals surface area contributed by atoms with E-state index in [2.05, 4.69) is 166 Å². The van der Waals surface area contributed by atoms with Gasteiger partial charge in [0.15, 0.2) is 0 Å². The van der Waals surface area contributed by atoms with Crippen LogP contribution in [0.25, 0.3) is 99.5 Å². The normalized spacial score (nSPS) is 11.9. The first-order valence-electron chi connectivity index (χ1n) is 22.8. The molecule has 0 atom stereocenters. The molecule has 0 saturated heterocycles. The van der Waals surface area contributed by atoms with Gasteiger partial charge in [0.1, 0.15) is 54.9 Å². The summed E-state index contributed by atoms with van der Waals surface area (Å²) in [7, 11) is 48.7. The topological polar surface area (TPSA) is 9.86 Å². The van der Waals surface area contributed by atoms with Gasteiger partial charge < -0.3 is 9.13 Å². The molecule has 11 rings (SSSR count). The average Bonchev–Trinajstić information content (AvgIpc) is 3.89. The molecule has 0 saturated carbocycles. The molecule has 0 N–H and O–H groups in total. The fourth-order valence-corrected chi connectivity index (χ4v) is 10.0. The monoisotopic (exact) mass is 852 g/mol. The Hall–Kier alpha value is -6.97. The van der Waals surface area contributed by atoms with Gasteiger partial charge in [-0.1, -0.05) is 175 Å². The van der Waals surface area contributed by atoms with Crippen molar-refractivity contribution in [1.29, 1.82) is 0 Å². The third-order valence-corrected chi connectivity index (χ3v) is 13.8. The Morgan fingerprint density at radius 3 is 1.43 bits per heavy atom. The first-order chi connectivity index (χ1) is 32.7. The lowest BCUT2D eigenvalue weighted by molar-refractivity contribution is 0.590. The summed E-state index contributed by atoms with van der Waals surface area (Å²) in [4.78, 5) is 0. The van der Waals surface area contributed by atoms with Crippen molar-refractivity contribution in [2.24, 2.45) is 0 Å².